The Balaban J connectivity index is 3.88. The number of nitrogens with two attached hydrogens (primary N) is 1. The highest BCUT2D eigenvalue weighted by Gasteiger charge is 2.12. The van der Waals surface area contributed by atoms with Crippen molar-refractivity contribution in [3.63, 3.8) is 0 Å². The first-order valence-corrected chi connectivity index (χ1v) is 3.67. The van der Waals surface area contributed by atoms with Crippen molar-refractivity contribution in [3.8, 4) is 0 Å². The Labute approximate surface area is 62.2 Å². The van der Waals surface area contributed by atoms with E-state index in [0.29, 0.717) is 0 Å². The Morgan fingerprint density at radius 2 is 1.90 bits per heavy atom. The molecule has 0 unspecified atom stereocenters. The quantitative estimate of drug-likeness (QED) is 0.363. The van der Waals surface area contributed by atoms with E-state index in [1.54, 1.807) is 0 Å². The van der Waals surface area contributed by atoms with Crippen molar-refractivity contribution in [2.24, 2.45) is 5.84 Å². The molecule has 2 N–H and O–H groups in total. The van der Waals surface area contributed by atoms with Crippen LogP contribution in [0.4, 0.5) is 0 Å². The molecule has 1 amide bonds. The number of carbonyl (C=O) groups is 1. The molecule has 0 aromatic carbocycles. The van der Waals surface area contributed by atoms with Crippen molar-refractivity contribution in [2.45, 2.75) is 39.7 Å². The van der Waals surface area contributed by atoms with Crippen LogP contribution in [0.25, 0.3) is 0 Å². The van der Waals surface area contributed by atoms with Gasteiger partial charge in [-0.1, -0.05) is 13.8 Å². The molecule has 0 aliphatic rings. The number of carbonyl (C=O) groups excluding carboxylic acids is 1. The second kappa shape index (κ2) is 4.28. The van der Waals surface area contributed by atoms with Crippen LogP contribution in [-0.4, -0.2) is 17.0 Å². The minimum absolute atomic E-state index is 0.0614. The maximum atomic E-state index is 10.7. The fraction of sp³-hybridized carbons (Fsp3) is 0.857. The zero-order valence-electron chi connectivity index (χ0n) is 6.92. The molecule has 3 heteroatoms. The minimum atomic E-state index is -0.0614. The highest BCUT2D eigenvalue weighted by atomic mass is 16.2. The molecule has 0 aromatic rings. The average Bonchev–Trinajstić information content (AvgIpc) is 1.90. The first-order chi connectivity index (χ1) is 4.63. The lowest BCUT2D eigenvalue weighted by Crippen LogP contribution is -2.43. The van der Waals surface area contributed by atoms with Gasteiger partial charge in [0.15, 0.2) is 0 Å². The topological polar surface area (TPSA) is 46.3 Å². The minimum Gasteiger partial charge on any atom is -0.278 e. The molecule has 0 heterocycles. The fourth-order valence-corrected chi connectivity index (χ4v) is 0.939. The Bertz CT molecular complexity index is 110. The van der Waals surface area contributed by atoms with Gasteiger partial charge in [0.05, 0.1) is 0 Å². The summed E-state index contributed by atoms with van der Waals surface area (Å²) in [5.74, 6) is 5.40. The summed E-state index contributed by atoms with van der Waals surface area (Å²) in [4.78, 5) is 10.7. The van der Waals surface area contributed by atoms with E-state index in [1.807, 2.05) is 13.8 Å². The van der Waals surface area contributed by atoms with Crippen LogP contribution >= 0.6 is 0 Å². The first-order valence-electron chi connectivity index (χ1n) is 3.67. The van der Waals surface area contributed by atoms with E-state index in [9.17, 15) is 4.79 Å². The second-order valence-electron chi connectivity index (χ2n) is 2.40. The van der Waals surface area contributed by atoms with Crippen LogP contribution in [0.15, 0.2) is 0 Å². The molecular weight excluding hydrogens is 128 g/mol. The predicted octanol–water partition coefficient (Wildman–Crippen LogP) is 0.897. The van der Waals surface area contributed by atoms with Crippen molar-refractivity contribution in [3.05, 3.63) is 0 Å². The van der Waals surface area contributed by atoms with Crippen molar-refractivity contribution >= 4 is 5.91 Å². The number of hydrogen-bond donors (Lipinski definition) is 1. The summed E-state index contributed by atoms with van der Waals surface area (Å²) < 4.78 is 0. The predicted molar refractivity (Wildman–Crippen MR) is 41.1 cm³/mol. The normalized spacial score (nSPS) is 10.1. The molecule has 0 fully saturated rings. The summed E-state index contributed by atoms with van der Waals surface area (Å²) in [6, 6.07) is 0.206. The highest BCUT2D eigenvalue weighted by Crippen LogP contribution is 2.02. The maximum Gasteiger partial charge on any atom is 0.233 e. The van der Waals surface area contributed by atoms with Gasteiger partial charge >= 0.3 is 0 Å². The Hall–Kier alpha value is -0.570. The third-order valence-corrected chi connectivity index (χ3v) is 1.70. The smallest absolute Gasteiger partial charge is 0.233 e. The number of hydrazine groups is 1. The summed E-state index contributed by atoms with van der Waals surface area (Å²) in [5, 5.41) is 1.31. The van der Waals surface area contributed by atoms with E-state index >= 15 is 0 Å². The van der Waals surface area contributed by atoms with Gasteiger partial charge in [-0.05, 0) is 12.8 Å². The Morgan fingerprint density at radius 1 is 1.50 bits per heavy atom. The lowest BCUT2D eigenvalue weighted by molar-refractivity contribution is -0.131. The van der Waals surface area contributed by atoms with Gasteiger partial charge in [0.2, 0.25) is 5.91 Å². The highest BCUT2D eigenvalue weighted by molar-refractivity contribution is 5.72. The van der Waals surface area contributed by atoms with Crippen molar-refractivity contribution in [2.75, 3.05) is 0 Å². The molecule has 60 valence electrons. The number of nitrogens with zero attached hydrogens (tertiary/aromatic N) is 1. The van der Waals surface area contributed by atoms with Gasteiger partial charge in [-0.15, -0.1) is 0 Å². The average molecular weight is 144 g/mol. The van der Waals surface area contributed by atoms with Gasteiger partial charge in [-0.3, -0.25) is 9.80 Å². The monoisotopic (exact) mass is 144 g/mol. The van der Waals surface area contributed by atoms with Crippen molar-refractivity contribution in [1.29, 1.82) is 0 Å². The van der Waals surface area contributed by atoms with Crippen LogP contribution in [0.1, 0.15) is 33.6 Å². The van der Waals surface area contributed by atoms with Gasteiger partial charge in [0.1, 0.15) is 0 Å². The number of hydrogen-bond acceptors (Lipinski definition) is 2. The lowest BCUT2D eigenvalue weighted by atomic mass is 10.1. The molecule has 0 aromatic heterocycles. The van der Waals surface area contributed by atoms with Crippen LogP contribution in [0.2, 0.25) is 0 Å². The van der Waals surface area contributed by atoms with E-state index in [0.717, 1.165) is 12.8 Å². The van der Waals surface area contributed by atoms with Gasteiger partial charge in [0, 0.05) is 13.0 Å². The summed E-state index contributed by atoms with van der Waals surface area (Å²) in [6.07, 6.45) is 1.85. The molecule has 0 atom stereocenters. The Morgan fingerprint density at radius 3 is 2.00 bits per heavy atom. The zero-order valence-corrected chi connectivity index (χ0v) is 6.92. The van der Waals surface area contributed by atoms with Crippen LogP contribution in [0, 0.1) is 0 Å². The van der Waals surface area contributed by atoms with Crippen LogP contribution in [0.3, 0.4) is 0 Å². The number of rotatable bonds is 3. The number of amides is 1. The van der Waals surface area contributed by atoms with Crippen LogP contribution < -0.4 is 5.84 Å². The summed E-state index contributed by atoms with van der Waals surface area (Å²) in [6.45, 7) is 5.53. The lowest BCUT2D eigenvalue weighted by Gasteiger charge is -2.23. The van der Waals surface area contributed by atoms with E-state index in [4.69, 9.17) is 5.84 Å². The maximum absolute atomic E-state index is 10.7. The molecule has 3 nitrogen and oxygen atoms in total. The van der Waals surface area contributed by atoms with E-state index in [-0.39, 0.29) is 11.9 Å². The molecule has 0 rings (SSSR count). The molecule has 0 bridgehead atoms. The Kier molecular flexibility index (Phi) is 4.03. The molecular formula is C7H16N2O. The fourth-order valence-electron chi connectivity index (χ4n) is 0.939. The van der Waals surface area contributed by atoms with E-state index in [1.165, 1.54) is 11.9 Å². The van der Waals surface area contributed by atoms with Crippen LogP contribution in [-0.2, 0) is 4.79 Å². The molecule has 0 aliphatic heterocycles. The third-order valence-electron chi connectivity index (χ3n) is 1.70. The molecule has 0 saturated carbocycles. The zero-order chi connectivity index (χ0) is 8.15. The largest absolute Gasteiger partial charge is 0.278 e. The van der Waals surface area contributed by atoms with Gasteiger partial charge < -0.3 is 0 Å². The molecule has 0 spiro atoms. The molecule has 10 heavy (non-hydrogen) atoms. The summed E-state index contributed by atoms with van der Waals surface area (Å²) in [7, 11) is 0. The SMILES string of the molecule is CCC(CC)N(N)C(C)=O. The van der Waals surface area contributed by atoms with Gasteiger partial charge in [-0.25, -0.2) is 5.84 Å². The molecule has 0 radical (unpaired) electrons. The molecule has 0 saturated heterocycles. The first kappa shape index (κ1) is 9.43. The van der Waals surface area contributed by atoms with Crippen molar-refractivity contribution in [1.82, 2.24) is 5.01 Å². The van der Waals surface area contributed by atoms with E-state index < -0.39 is 0 Å². The standard InChI is InChI=1S/C7H16N2O/c1-4-7(5-2)9(8)6(3)10/h7H,4-5,8H2,1-3H3. The van der Waals surface area contributed by atoms with E-state index in [2.05, 4.69) is 0 Å². The second-order valence-corrected chi connectivity index (χ2v) is 2.40. The summed E-state index contributed by atoms with van der Waals surface area (Å²) in [5.41, 5.74) is 0. The third kappa shape index (κ3) is 2.35. The van der Waals surface area contributed by atoms with Gasteiger partial charge in [-0.2, -0.15) is 0 Å². The molecule has 0 aliphatic carbocycles. The van der Waals surface area contributed by atoms with Gasteiger partial charge in [0.25, 0.3) is 0 Å². The van der Waals surface area contributed by atoms with Crippen LogP contribution in [0.5, 0.6) is 0 Å². The van der Waals surface area contributed by atoms with Crippen molar-refractivity contribution < 1.29 is 4.79 Å². The summed E-state index contributed by atoms with van der Waals surface area (Å²) >= 11 is 0.